The van der Waals surface area contributed by atoms with Crippen LogP contribution in [-0.2, 0) is 0 Å². The molecule has 3 rings (SSSR count). The number of benzene rings is 1. The molecule has 5 heteroatoms. The molecule has 1 aliphatic rings. The first-order valence-corrected chi connectivity index (χ1v) is 7.12. The van der Waals surface area contributed by atoms with Crippen molar-refractivity contribution in [3.63, 3.8) is 0 Å². The predicted octanol–water partition coefficient (Wildman–Crippen LogP) is 1.89. The fourth-order valence-corrected chi connectivity index (χ4v) is 2.53. The van der Waals surface area contributed by atoms with Crippen molar-refractivity contribution in [2.75, 3.05) is 24.5 Å². The van der Waals surface area contributed by atoms with Gasteiger partial charge in [0, 0.05) is 31.2 Å². The molecular weight excluding hydrogens is 250 g/mol. The van der Waals surface area contributed by atoms with Gasteiger partial charge in [0.25, 0.3) is 0 Å². The van der Waals surface area contributed by atoms with Gasteiger partial charge in [0.1, 0.15) is 0 Å². The van der Waals surface area contributed by atoms with E-state index >= 15 is 0 Å². The third kappa shape index (κ3) is 2.54. The van der Waals surface area contributed by atoms with Crippen LogP contribution in [0.25, 0.3) is 11.4 Å². The summed E-state index contributed by atoms with van der Waals surface area (Å²) in [7, 11) is 0. The van der Waals surface area contributed by atoms with Gasteiger partial charge in [-0.25, -0.2) is 0 Å². The molecule has 2 N–H and O–H groups in total. The summed E-state index contributed by atoms with van der Waals surface area (Å²) < 4.78 is 0. The molecule has 1 aliphatic heterocycles. The first kappa shape index (κ1) is 13.1. The lowest BCUT2D eigenvalue weighted by molar-refractivity contribution is 0.480. The number of hydrogen-bond donors (Lipinski definition) is 2. The van der Waals surface area contributed by atoms with Crippen molar-refractivity contribution in [3.8, 4) is 11.4 Å². The summed E-state index contributed by atoms with van der Waals surface area (Å²) in [5, 5.41) is 10.8. The second-order valence-electron chi connectivity index (χ2n) is 5.58. The number of hydrogen-bond acceptors (Lipinski definition) is 4. The molecule has 1 atom stereocenters. The van der Waals surface area contributed by atoms with Crippen molar-refractivity contribution in [1.29, 1.82) is 0 Å². The molecule has 1 saturated heterocycles. The Hall–Kier alpha value is -1.88. The molecule has 0 spiro atoms. The Labute approximate surface area is 119 Å². The quantitative estimate of drug-likeness (QED) is 0.875. The molecule has 106 valence electrons. The van der Waals surface area contributed by atoms with Crippen LogP contribution in [0.3, 0.4) is 0 Å². The molecule has 20 heavy (non-hydrogen) atoms. The molecule has 5 nitrogen and oxygen atoms in total. The molecule has 2 heterocycles. The van der Waals surface area contributed by atoms with Crippen molar-refractivity contribution >= 4 is 5.95 Å². The first-order chi connectivity index (χ1) is 9.63. The number of nitrogens with one attached hydrogen (secondary N) is 2. The smallest absolute Gasteiger partial charge is 0.245 e. The number of aromatic nitrogens is 3. The predicted molar refractivity (Wildman–Crippen MR) is 81.0 cm³/mol. The number of rotatable bonds is 2. The van der Waals surface area contributed by atoms with Crippen LogP contribution in [0.1, 0.15) is 18.1 Å². The number of nitrogens with zero attached hydrogens (tertiary/aromatic N) is 3. The van der Waals surface area contributed by atoms with Crippen molar-refractivity contribution in [2.24, 2.45) is 0 Å². The van der Waals surface area contributed by atoms with Gasteiger partial charge in [-0.2, -0.15) is 4.98 Å². The van der Waals surface area contributed by atoms with E-state index in [-0.39, 0.29) is 0 Å². The van der Waals surface area contributed by atoms with Gasteiger partial charge < -0.3 is 10.2 Å². The maximum atomic E-state index is 4.64. The van der Waals surface area contributed by atoms with Crippen LogP contribution < -0.4 is 10.2 Å². The lowest BCUT2D eigenvalue weighted by atomic mass is 10.1. The van der Waals surface area contributed by atoms with E-state index in [1.54, 1.807) is 0 Å². The summed E-state index contributed by atoms with van der Waals surface area (Å²) in [4.78, 5) is 6.87. The molecule has 0 saturated carbocycles. The van der Waals surface area contributed by atoms with E-state index in [0.717, 1.165) is 37.0 Å². The van der Waals surface area contributed by atoms with E-state index in [2.05, 4.69) is 64.4 Å². The Bertz CT molecular complexity index is 604. The van der Waals surface area contributed by atoms with E-state index in [9.17, 15) is 0 Å². The molecular formula is C15H21N5. The van der Waals surface area contributed by atoms with Crippen LogP contribution in [0, 0.1) is 13.8 Å². The number of aromatic amines is 1. The second-order valence-corrected chi connectivity index (χ2v) is 5.58. The van der Waals surface area contributed by atoms with Gasteiger partial charge in [-0.3, -0.25) is 5.10 Å². The average Bonchev–Trinajstić information content (AvgIpc) is 2.92. The van der Waals surface area contributed by atoms with Crippen molar-refractivity contribution < 1.29 is 0 Å². The molecule has 0 bridgehead atoms. The SMILES string of the molecule is Cc1ccc(-c2nc(N3CCN[C@H](C)C3)n[nH]2)cc1C. The molecule has 1 aromatic heterocycles. The van der Waals surface area contributed by atoms with Crippen LogP contribution in [0.2, 0.25) is 0 Å². The lowest BCUT2D eigenvalue weighted by Gasteiger charge is -2.30. The van der Waals surface area contributed by atoms with Gasteiger partial charge in [0.15, 0.2) is 5.82 Å². The standard InChI is InChI=1S/C15H21N5/c1-10-4-5-13(8-11(10)2)14-17-15(19-18-14)20-7-6-16-12(3)9-20/h4-5,8,12,16H,6-7,9H2,1-3H3,(H,17,18,19)/t12-/m1/s1. The fourth-order valence-electron chi connectivity index (χ4n) is 2.53. The van der Waals surface area contributed by atoms with Crippen molar-refractivity contribution in [1.82, 2.24) is 20.5 Å². The van der Waals surface area contributed by atoms with Crippen molar-refractivity contribution in [3.05, 3.63) is 29.3 Å². The molecule has 1 aromatic carbocycles. The van der Waals surface area contributed by atoms with E-state index in [1.165, 1.54) is 11.1 Å². The summed E-state index contributed by atoms with van der Waals surface area (Å²) in [5.41, 5.74) is 3.66. The highest BCUT2D eigenvalue weighted by Crippen LogP contribution is 2.21. The van der Waals surface area contributed by atoms with E-state index < -0.39 is 0 Å². The Morgan fingerprint density at radius 3 is 2.85 bits per heavy atom. The van der Waals surface area contributed by atoms with Crippen molar-refractivity contribution in [2.45, 2.75) is 26.8 Å². The minimum absolute atomic E-state index is 0.479. The highest BCUT2D eigenvalue weighted by atomic mass is 15.4. The van der Waals surface area contributed by atoms with Gasteiger partial charge in [0.05, 0.1) is 0 Å². The van der Waals surface area contributed by atoms with E-state index in [0.29, 0.717) is 6.04 Å². The third-order valence-electron chi connectivity index (χ3n) is 3.91. The first-order valence-electron chi connectivity index (χ1n) is 7.12. The Morgan fingerprint density at radius 2 is 2.10 bits per heavy atom. The third-order valence-corrected chi connectivity index (χ3v) is 3.91. The van der Waals surface area contributed by atoms with Crippen LogP contribution in [0.4, 0.5) is 5.95 Å². The largest absolute Gasteiger partial charge is 0.337 e. The Balaban J connectivity index is 1.84. The zero-order valence-corrected chi connectivity index (χ0v) is 12.3. The molecule has 0 unspecified atom stereocenters. The number of H-pyrrole nitrogens is 1. The zero-order valence-electron chi connectivity index (χ0n) is 12.3. The number of anilines is 1. The van der Waals surface area contributed by atoms with Gasteiger partial charge >= 0.3 is 0 Å². The monoisotopic (exact) mass is 271 g/mol. The van der Waals surface area contributed by atoms with Crippen LogP contribution in [-0.4, -0.2) is 40.9 Å². The Kier molecular flexibility index (Phi) is 3.44. The fraction of sp³-hybridized carbons (Fsp3) is 0.467. The number of aryl methyl sites for hydroxylation is 2. The maximum Gasteiger partial charge on any atom is 0.245 e. The topological polar surface area (TPSA) is 56.8 Å². The van der Waals surface area contributed by atoms with Gasteiger partial charge in [-0.05, 0) is 38.0 Å². The average molecular weight is 271 g/mol. The molecule has 0 aliphatic carbocycles. The summed E-state index contributed by atoms with van der Waals surface area (Å²) >= 11 is 0. The zero-order chi connectivity index (χ0) is 14.1. The van der Waals surface area contributed by atoms with Gasteiger partial charge in [0.2, 0.25) is 5.95 Å². The van der Waals surface area contributed by atoms with Crippen LogP contribution >= 0.6 is 0 Å². The second kappa shape index (κ2) is 5.25. The lowest BCUT2D eigenvalue weighted by Crippen LogP contribution is -2.49. The Morgan fingerprint density at radius 1 is 1.25 bits per heavy atom. The van der Waals surface area contributed by atoms with Crippen LogP contribution in [0.5, 0.6) is 0 Å². The van der Waals surface area contributed by atoms with E-state index in [4.69, 9.17) is 0 Å². The summed E-state index contributed by atoms with van der Waals surface area (Å²) in [5.74, 6) is 1.64. The minimum Gasteiger partial charge on any atom is -0.337 e. The maximum absolute atomic E-state index is 4.64. The molecule has 0 amide bonds. The normalized spacial score (nSPS) is 19.4. The summed E-state index contributed by atoms with van der Waals surface area (Å²) in [6.45, 7) is 9.30. The van der Waals surface area contributed by atoms with Gasteiger partial charge in [-0.15, -0.1) is 5.10 Å². The summed E-state index contributed by atoms with van der Waals surface area (Å²) in [6, 6.07) is 6.85. The molecule has 0 radical (unpaired) electrons. The number of piperazine rings is 1. The van der Waals surface area contributed by atoms with E-state index in [1.807, 2.05) is 0 Å². The molecule has 2 aromatic rings. The van der Waals surface area contributed by atoms with Gasteiger partial charge in [-0.1, -0.05) is 12.1 Å². The highest BCUT2D eigenvalue weighted by Gasteiger charge is 2.19. The highest BCUT2D eigenvalue weighted by molar-refractivity contribution is 5.58. The minimum atomic E-state index is 0.479. The van der Waals surface area contributed by atoms with Crippen LogP contribution in [0.15, 0.2) is 18.2 Å². The summed E-state index contributed by atoms with van der Waals surface area (Å²) in [6.07, 6.45) is 0. The molecule has 1 fully saturated rings.